The van der Waals surface area contributed by atoms with E-state index in [1.165, 1.54) is 11.8 Å². The summed E-state index contributed by atoms with van der Waals surface area (Å²) < 4.78 is 0. The number of aromatic nitrogens is 1. The van der Waals surface area contributed by atoms with Gasteiger partial charge in [-0.15, -0.1) is 0 Å². The maximum Gasteiger partial charge on any atom is 0.234 e. The largest absolute Gasteiger partial charge is 0.368 e. The number of carbonyl (C=O) groups excluding carboxylic acids is 1. The molecular formula is C13H10N2OS. The van der Waals surface area contributed by atoms with E-state index in [2.05, 4.69) is 4.98 Å². The minimum Gasteiger partial charge on any atom is -0.368 e. The average Bonchev–Trinajstić information content (AvgIpc) is 2.58. The summed E-state index contributed by atoms with van der Waals surface area (Å²) >= 11 is 1.41. The van der Waals surface area contributed by atoms with Crippen LogP contribution in [0.15, 0.2) is 29.3 Å². The van der Waals surface area contributed by atoms with Gasteiger partial charge in [0.2, 0.25) is 5.91 Å². The zero-order valence-electron chi connectivity index (χ0n) is 8.96. The molecule has 0 spiro atoms. The quantitative estimate of drug-likeness (QED) is 0.764. The van der Waals surface area contributed by atoms with Crippen molar-refractivity contribution in [1.82, 2.24) is 4.98 Å². The second-order valence-corrected chi connectivity index (χ2v) is 5.01. The van der Waals surface area contributed by atoms with E-state index in [1.54, 1.807) is 0 Å². The molecule has 0 aromatic carbocycles. The van der Waals surface area contributed by atoms with Gasteiger partial charge in [0.05, 0.1) is 5.35 Å². The van der Waals surface area contributed by atoms with Gasteiger partial charge in [0.25, 0.3) is 0 Å². The summed E-state index contributed by atoms with van der Waals surface area (Å²) in [6, 6.07) is 2.05. The highest BCUT2D eigenvalue weighted by molar-refractivity contribution is 8.01. The number of fused-ring (bicyclic) bond motifs is 2. The molecule has 1 aliphatic heterocycles. The van der Waals surface area contributed by atoms with Gasteiger partial charge in [-0.3, -0.25) is 4.79 Å². The van der Waals surface area contributed by atoms with Crippen LogP contribution < -0.4 is 16.3 Å². The lowest BCUT2D eigenvalue weighted by molar-refractivity contribution is -0.116. The Kier molecular flexibility index (Phi) is 2.37. The van der Waals surface area contributed by atoms with E-state index in [0.717, 1.165) is 21.2 Å². The molecule has 1 aromatic heterocycles. The molecule has 0 radical (unpaired) electrons. The highest BCUT2D eigenvalue weighted by Crippen LogP contribution is 2.23. The van der Waals surface area contributed by atoms with Crippen molar-refractivity contribution in [2.24, 2.45) is 5.73 Å². The predicted molar refractivity (Wildman–Crippen MR) is 69.4 cm³/mol. The van der Waals surface area contributed by atoms with Crippen LogP contribution in [0.2, 0.25) is 0 Å². The normalized spacial score (nSPS) is 19.9. The summed E-state index contributed by atoms with van der Waals surface area (Å²) in [5, 5.41) is 2.52. The minimum absolute atomic E-state index is 0.289. The van der Waals surface area contributed by atoms with Gasteiger partial charge < -0.3 is 5.73 Å². The van der Waals surface area contributed by atoms with Crippen LogP contribution in [0.5, 0.6) is 0 Å². The van der Waals surface area contributed by atoms with Crippen LogP contribution in [0, 0.1) is 0 Å². The highest BCUT2D eigenvalue weighted by atomic mass is 32.2. The van der Waals surface area contributed by atoms with Gasteiger partial charge in [-0.25, -0.2) is 4.98 Å². The van der Waals surface area contributed by atoms with Crippen molar-refractivity contribution in [2.75, 3.05) is 0 Å². The SMILES string of the molecule is NC(=O)C1C=c2cc3c(nc2S1)=CC=CC=C3. The van der Waals surface area contributed by atoms with Crippen molar-refractivity contribution in [3.63, 3.8) is 0 Å². The fourth-order valence-corrected chi connectivity index (χ4v) is 2.84. The fraction of sp³-hybridized carbons (Fsp3) is 0.0769. The molecule has 2 aliphatic rings. The number of thioether (sulfide) groups is 1. The molecule has 17 heavy (non-hydrogen) atoms. The molecule has 1 amide bonds. The van der Waals surface area contributed by atoms with Crippen molar-refractivity contribution < 1.29 is 4.79 Å². The second-order valence-electron chi connectivity index (χ2n) is 3.88. The molecule has 0 saturated heterocycles. The van der Waals surface area contributed by atoms with Gasteiger partial charge in [0.1, 0.15) is 10.3 Å². The van der Waals surface area contributed by atoms with Crippen molar-refractivity contribution in [3.05, 3.63) is 40.4 Å². The number of amides is 1. The van der Waals surface area contributed by atoms with Gasteiger partial charge >= 0.3 is 0 Å². The smallest absolute Gasteiger partial charge is 0.234 e. The maximum absolute atomic E-state index is 11.2. The van der Waals surface area contributed by atoms with Gasteiger partial charge in [0.15, 0.2) is 0 Å². The van der Waals surface area contributed by atoms with E-state index in [4.69, 9.17) is 5.73 Å². The fourth-order valence-electron chi connectivity index (χ4n) is 1.85. The van der Waals surface area contributed by atoms with E-state index < -0.39 is 0 Å². The van der Waals surface area contributed by atoms with Crippen LogP contribution in [-0.2, 0) is 4.79 Å². The summed E-state index contributed by atoms with van der Waals surface area (Å²) in [4.78, 5) is 15.7. The van der Waals surface area contributed by atoms with Crippen LogP contribution in [-0.4, -0.2) is 16.1 Å². The number of nitrogens with zero attached hydrogens (tertiary/aromatic N) is 1. The van der Waals surface area contributed by atoms with Crippen LogP contribution in [0.3, 0.4) is 0 Å². The summed E-state index contributed by atoms with van der Waals surface area (Å²) in [6.45, 7) is 0. The summed E-state index contributed by atoms with van der Waals surface area (Å²) in [7, 11) is 0. The number of primary amides is 1. The van der Waals surface area contributed by atoms with Gasteiger partial charge in [-0.2, -0.15) is 0 Å². The molecular weight excluding hydrogens is 232 g/mol. The molecule has 0 saturated carbocycles. The zero-order chi connectivity index (χ0) is 11.8. The standard InChI is InChI=1S/C13H10N2OS/c14-12(16)11-7-9-6-8-4-2-1-3-5-10(8)15-13(9)17-11/h1-7,11H,(H2,14,16). The van der Waals surface area contributed by atoms with Crippen molar-refractivity contribution in [3.8, 4) is 0 Å². The lowest BCUT2D eigenvalue weighted by Crippen LogP contribution is -2.22. The summed E-state index contributed by atoms with van der Waals surface area (Å²) in [5.74, 6) is -0.317. The number of pyridine rings is 1. The Labute approximate surface area is 102 Å². The van der Waals surface area contributed by atoms with Crippen molar-refractivity contribution in [2.45, 2.75) is 10.3 Å². The third kappa shape index (κ3) is 1.80. The lowest BCUT2D eigenvalue weighted by atomic mass is 10.2. The lowest BCUT2D eigenvalue weighted by Gasteiger charge is -2.00. The number of carbonyl (C=O) groups is 1. The maximum atomic E-state index is 11.2. The van der Waals surface area contributed by atoms with E-state index >= 15 is 0 Å². The molecule has 3 nitrogen and oxygen atoms in total. The number of allylic oxidation sites excluding steroid dienone is 3. The Morgan fingerprint density at radius 1 is 1.35 bits per heavy atom. The zero-order valence-corrected chi connectivity index (χ0v) is 9.78. The van der Waals surface area contributed by atoms with Crippen LogP contribution in [0.1, 0.15) is 5.56 Å². The number of rotatable bonds is 1. The summed E-state index contributed by atoms with van der Waals surface area (Å²) in [5.41, 5.74) is 6.37. The Bertz CT molecular complexity index is 673. The Morgan fingerprint density at radius 3 is 3.06 bits per heavy atom. The van der Waals surface area contributed by atoms with E-state index in [0.29, 0.717) is 0 Å². The minimum atomic E-state index is -0.317. The van der Waals surface area contributed by atoms with Crippen molar-refractivity contribution in [1.29, 1.82) is 0 Å². The van der Waals surface area contributed by atoms with Crippen LogP contribution in [0.25, 0.3) is 18.2 Å². The van der Waals surface area contributed by atoms with E-state index in [-0.39, 0.29) is 11.2 Å². The number of hydrogen-bond donors (Lipinski definition) is 1. The third-order valence-corrected chi connectivity index (χ3v) is 3.85. The van der Waals surface area contributed by atoms with Gasteiger partial charge in [-0.1, -0.05) is 42.1 Å². The monoisotopic (exact) mass is 242 g/mol. The average molecular weight is 242 g/mol. The van der Waals surface area contributed by atoms with Crippen molar-refractivity contribution >= 4 is 35.9 Å². The molecule has 1 atom stereocenters. The molecule has 2 heterocycles. The first-order valence-electron chi connectivity index (χ1n) is 5.28. The molecule has 3 rings (SSSR count). The molecule has 1 aromatic rings. The Balaban J connectivity index is 2.18. The van der Waals surface area contributed by atoms with E-state index in [1.807, 2.05) is 42.5 Å². The van der Waals surface area contributed by atoms with Crippen LogP contribution in [0.4, 0.5) is 0 Å². The highest BCUT2D eigenvalue weighted by Gasteiger charge is 2.21. The van der Waals surface area contributed by atoms with E-state index in [9.17, 15) is 4.79 Å². The van der Waals surface area contributed by atoms with Crippen LogP contribution >= 0.6 is 11.8 Å². The van der Waals surface area contributed by atoms with Gasteiger partial charge in [0, 0.05) is 10.8 Å². The Morgan fingerprint density at radius 2 is 2.24 bits per heavy atom. The summed E-state index contributed by atoms with van der Waals surface area (Å²) in [6.07, 6.45) is 11.8. The first-order valence-corrected chi connectivity index (χ1v) is 6.16. The Hall–Kier alpha value is -1.81. The topological polar surface area (TPSA) is 56.0 Å². The molecule has 84 valence electrons. The first-order chi connectivity index (χ1) is 8.24. The number of hydrogen-bond acceptors (Lipinski definition) is 3. The molecule has 0 bridgehead atoms. The predicted octanol–water partition coefficient (Wildman–Crippen LogP) is 0.185. The molecule has 1 unspecified atom stereocenters. The molecule has 4 heteroatoms. The number of nitrogens with two attached hydrogens (primary N) is 1. The molecule has 0 fully saturated rings. The first kappa shape index (κ1) is 10.4. The second kappa shape index (κ2) is 3.89. The molecule has 1 aliphatic carbocycles. The molecule has 2 N–H and O–H groups in total. The third-order valence-electron chi connectivity index (χ3n) is 2.68. The van der Waals surface area contributed by atoms with Gasteiger partial charge in [-0.05, 0) is 12.1 Å².